The van der Waals surface area contributed by atoms with E-state index in [1.807, 2.05) is 0 Å². The van der Waals surface area contributed by atoms with Crippen molar-refractivity contribution in [2.75, 3.05) is 13.1 Å². The van der Waals surface area contributed by atoms with Gasteiger partial charge in [0.15, 0.2) is 0 Å². The summed E-state index contributed by atoms with van der Waals surface area (Å²) in [5.41, 5.74) is 0.450. The van der Waals surface area contributed by atoms with E-state index < -0.39 is 22.1 Å². The summed E-state index contributed by atoms with van der Waals surface area (Å²) in [5.74, 6) is -1.39. The molecule has 0 aromatic carbocycles. The minimum absolute atomic E-state index is 0.112. The predicted molar refractivity (Wildman–Crippen MR) is 74.6 cm³/mol. The number of nitrogens with zero attached hydrogens (tertiary/aromatic N) is 1. The van der Waals surface area contributed by atoms with Gasteiger partial charge in [-0.3, -0.25) is 0 Å². The van der Waals surface area contributed by atoms with E-state index in [1.54, 1.807) is 19.2 Å². The Labute approximate surface area is 121 Å². The second-order valence-corrected chi connectivity index (χ2v) is 7.83. The molecule has 2 heterocycles. The molecule has 0 aliphatic carbocycles. The highest BCUT2D eigenvalue weighted by molar-refractivity contribution is 7.89. The maximum Gasteiger partial charge on any atom is 0.347 e. The summed E-state index contributed by atoms with van der Waals surface area (Å²) in [6.07, 6.45) is -0.143. The van der Waals surface area contributed by atoms with Gasteiger partial charge < -0.3 is 10.2 Å². The van der Waals surface area contributed by atoms with Gasteiger partial charge >= 0.3 is 5.97 Å². The number of carbonyl (C=O) groups is 1. The highest BCUT2D eigenvalue weighted by Crippen LogP contribution is 2.31. The summed E-state index contributed by atoms with van der Waals surface area (Å²) in [6, 6.07) is 0. The van der Waals surface area contributed by atoms with Gasteiger partial charge in [-0.05, 0) is 30.2 Å². The number of piperidine rings is 1. The molecule has 1 aliphatic rings. The first-order valence-corrected chi connectivity index (χ1v) is 8.56. The van der Waals surface area contributed by atoms with E-state index in [1.165, 1.54) is 4.31 Å². The van der Waals surface area contributed by atoms with Crippen molar-refractivity contribution >= 4 is 27.3 Å². The molecular weight excluding hydrogens is 302 g/mol. The number of aliphatic hydroxyl groups excluding tert-OH is 1. The molecule has 2 unspecified atom stereocenters. The molecule has 0 amide bonds. The normalized spacial score (nSPS) is 24.8. The smallest absolute Gasteiger partial charge is 0.347 e. The van der Waals surface area contributed by atoms with E-state index in [0.717, 1.165) is 11.3 Å². The van der Waals surface area contributed by atoms with E-state index in [2.05, 4.69) is 0 Å². The van der Waals surface area contributed by atoms with Crippen molar-refractivity contribution in [1.29, 1.82) is 0 Å². The van der Waals surface area contributed by atoms with Crippen LogP contribution in [0.4, 0.5) is 0 Å². The molecule has 0 spiro atoms. The lowest BCUT2D eigenvalue weighted by atomic mass is 9.99. The summed E-state index contributed by atoms with van der Waals surface area (Å²) >= 11 is 0.922. The third-order valence-corrected chi connectivity index (χ3v) is 6.80. The van der Waals surface area contributed by atoms with Crippen LogP contribution in [0, 0.1) is 12.8 Å². The highest BCUT2D eigenvalue weighted by atomic mass is 32.2. The van der Waals surface area contributed by atoms with E-state index in [0.29, 0.717) is 12.0 Å². The number of carboxylic acid groups (broad SMARTS) is 1. The lowest BCUT2D eigenvalue weighted by molar-refractivity contribution is 0.0625. The number of carboxylic acids is 1. The Morgan fingerprint density at radius 2 is 2.15 bits per heavy atom. The van der Waals surface area contributed by atoms with Gasteiger partial charge in [0, 0.05) is 13.1 Å². The number of hydrogen-bond acceptors (Lipinski definition) is 5. The summed E-state index contributed by atoms with van der Waals surface area (Å²) < 4.78 is 26.5. The van der Waals surface area contributed by atoms with Crippen LogP contribution >= 0.6 is 11.3 Å². The van der Waals surface area contributed by atoms with Crippen LogP contribution in [-0.2, 0) is 10.0 Å². The Kier molecular flexibility index (Phi) is 4.19. The van der Waals surface area contributed by atoms with Crippen molar-refractivity contribution < 1.29 is 23.4 Å². The Bertz CT molecular complexity index is 622. The molecule has 2 N–H and O–H groups in total. The predicted octanol–water partition coefficient (Wildman–Crippen LogP) is 1.15. The number of hydrogen-bond donors (Lipinski definition) is 2. The number of aromatic carboxylic acids is 1. The Hall–Kier alpha value is -0.960. The topological polar surface area (TPSA) is 94.9 Å². The first-order chi connectivity index (χ1) is 9.25. The quantitative estimate of drug-likeness (QED) is 0.871. The third kappa shape index (κ3) is 2.60. The maximum absolute atomic E-state index is 12.6. The summed E-state index contributed by atoms with van der Waals surface area (Å²) in [5, 5.41) is 20.3. The Morgan fingerprint density at radius 1 is 1.50 bits per heavy atom. The zero-order chi connectivity index (χ0) is 15.1. The fraction of sp³-hybridized carbons (Fsp3) is 0.583. The van der Waals surface area contributed by atoms with Gasteiger partial charge in [0.1, 0.15) is 9.77 Å². The summed E-state index contributed by atoms with van der Waals surface area (Å²) in [7, 11) is -3.83. The van der Waals surface area contributed by atoms with E-state index in [9.17, 15) is 18.3 Å². The van der Waals surface area contributed by atoms with E-state index in [4.69, 9.17) is 5.11 Å². The van der Waals surface area contributed by atoms with Crippen LogP contribution in [0.1, 0.15) is 28.6 Å². The summed E-state index contributed by atoms with van der Waals surface area (Å²) in [4.78, 5) is 10.9. The van der Waals surface area contributed by atoms with Gasteiger partial charge in [0.25, 0.3) is 0 Å². The zero-order valence-electron chi connectivity index (χ0n) is 11.2. The zero-order valence-corrected chi connectivity index (χ0v) is 12.9. The number of aliphatic hydroxyl groups is 1. The van der Waals surface area contributed by atoms with E-state index >= 15 is 0 Å². The number of thiophene rings is 1. The molecule has 2 rings (SSSR count). The van der Waals surface area contributed by atoms with Gasteiger partial charge in [0.05, 0.1) is 6.10 Å². The van der Waals surface area contributed by atoms with Gasteiger partial charge in [-0.15, -0.1) is 11.3 Å². The van der Waals surface area contributed by atoms with Crippen molar-refractivity contribution in [2.45, 2.75) is 31.3 Å². The van der Waals surface area contributed by atoms with Crippen LogP contribution in [0.3, 0.4) is 0 Å². The lowest BCUT2D eigenvalue weighted by Crippen LogP contribution is -2.45. The van der Waals surface area contributed by atoms with Crippen LogP contribution in [0.15, 0.2) is 10.3 Å². The molecular formula is C12H17NO5S2. The van der Waals surface area contributed by atoms with Crippen LogP contribution in [-0.4, -0.2) is 48.1 Å². The van der Waals surface area contributed by atoms with Crippen LogP contribution in [0.5, 0.6) is 0 Å². The standard InChI is InChI=1S/C12H17NO5S2/c1-7-5-13(4-3-9(7)14)20(17,18)11-8(2)6-19-10(11)12(15)16/h6-7,9,14H,3-5H2,1-2H3,(H,15,16). The molecule has 0 bridgehead atoms. The summed E-state index contributed by atoms with van der Waals surface area (Å²) in [6.45, 7) is 3.79. The SMILES string of the molecule is Cc1csc(C(=O)O)c1S(=O)(=O)N1CCC(O)C(C)C1. The van der Waals surface area contributed by atoms with Gasteiger partial charge in [0.2, 0.25) is 10.0 Å². The fourth-order valence-electron chi connectivity index (χ4n) is 2.34. The molecule has 1 aliphatic heterocycles. The van der Waals surface area contributed by atoms with Gasteiger partial charge in [-0.2, -0.15) is 4.31 Å². The van der Waals surface area contributed by atoms with Crippen LogP contribution in [0.2, 0.25) is 0 Å². The molecule has 1 aromatic rings. The van der Waals surface area contributed by atoms with Gasteiger partial charge in [-0.25, -0.2) is 13.2 Å². The van der Waals surface area contributed by atoms with E-state index in [-0.39, 0.29) is 28.8 Å². The molecule has 1 aromatic heterocycles. The molecule has 112 valence electrons. The minimum Gasteiger partial charge on any atom is -0.477 e. The molecule has 1 fully saturated rings. The third-order valence-electron chi connectivity index (χ3n) is 3.53. The average molecular weight is 319 g/mol. The molecule has 8 heteroatoms. The number of sulfonamides is 1. The molecule has 6 nitrogen and oxygen atoms in total. The van der Waals surface area contributed by atoms with Crippen LogP contribution in [0.25, 0.3) is 0 Å². The number of aryl methyl sites for hydroxylation is 1. The Morgan fingerprint density at radius 3 is 2.70 bits per heavy atom. The highest BCUT2D eigenvalue weighted by Gasteiger charge is 2.36. The first-order valence-electron chi connectivity index (χ1n) is 6.24. The Balaban J connectivity index is 2.41. The van der Waals surface area contributed by atoms with Crippen molar-refractivity contribution in [1.82, 2.24) is 4.31 Å². The van der Waals surface area contributed by atoms with Crippen molar-refractivity contribution in [3.63, 3.8) is 0 Å². The minimum atomic E-state index is -3.83. The number of rotatable bonds is 3. The monoisotopic (exact) mass is 319 g/mol. The second-order valence-electron chi connectivity index (χ2n) is 5.08. The molecule has 20 heavy (non-hydrogen) atoms. The maximum atomic E-state index is 12.6. The molecule has 0 radical (unpaired) electrons. The second kappa shape index (κ2) is 5.44. The average Bonchev–Trinajstić information content (AvgIpc) is 2.75. The van der Waals surface area contributed by atoms with Crippen molar-refractivity contribution in [3.8, 4) is 0 Å². The molecule has 1 saturated heterocycles. The molecule has 2 atom stereocenters. The first kappa shape index (κ1) is 15.4. The van der Waals surface area contributed by atoms with Gasteiger partial charge in [-0.1, -0.05) is 6.92 Å². The molecule has 0 saturated carbocycles. The fourth-order valence-corrected chi connectivity index (χ4v) is 5.48. The largest absolute Gasteiger partial charge is 0.477 e. The van der Waals surface area contributed by atoms with Crippen molar-refractivity contribution in [3.05, 3.63) is 15.8 Å². The lowest BCUT2D eigenvalue weighted by Gasteiger charge is -2.33. The van der Waals surface area contributed by atoms with Crippen LogP contribution < -0.4 is 0 Å². The van der Waals surface area contributed by atoms with Crippen molar-refractivity contribution in [2.24, 2.45) is 5.92 Å².